The van der Waals surface area contributed by atoms with Crippen LogP contribution < -0.4 is 0 Å². The van der Waals surface area contributed by atoms with Crippen LogP contribution in [-0.4, -0.2) is 52.0 Å². The van der Waals surface area contributed by atoms with Crippen LogP contribution in [0, 0.1) is 0 Å². The normalized spacial score (nSPS) is 12.1. The highest BCUT2D eigenvalue weighted by Gasteiger charge is 2.10. The second kappa shape index (κ2) is 3.64. The first-order chi connectivity index (χ1) is 7.24. The molecule has 2 aromatic heterocycles. The predicted molar refractivity (Wildman–Crippen MR) is 57.8 cm³/mol. The summed E-state index contributed by atoms with van der Waals surface area (Å²) in [6, 6.07) is 3.77. The second-order valence-corrected chi connectivity index (χ2v) is 3.27. The lowest BCUT2D eigenvalue weighted by Gasteiger charge is -2.14. The molecular formula is C9H12N6. The molecule has 6 heteroatoms. The van der Waals surface area contributed by atoms with E-state index in [9.17, 15) is 0 Å². The Morgan fingerprint density at radius 1 is 1.47 bits per heavy atom. The van der Waals surface area contributed by atoms with Crippen LogP contribution in [0.25, 0.3) is 11.2 Å². The van der Waals surface area contributed by atoms with E-state index in [1.165, 1.54) is 0 Å². The molecule has 0 radical (unpaired) electrons. The second-order valence-electron chi connectivity index (χ2n) is 3.27. The predicted octanol–water partition coefficient (Wildman–Crippen LogP) is 0.222. The molecule has 0 N–H and O–H groups in total. The topological polar surface area (TPSA) is 59.2 Å². The van der Waals surface area contributed by atoms with E-state index in [-0.39, 0.29) is 0 Å². The average Bonchev–Trinajstić information content (AvgIpc) is 2.63. The van der Waals surface area contributed by atoms with Crippen molar-refractivity contribution in [3.63, 3.8) is 0 Å². The van der Waals surface area contributed by atoms with Gasteiger partial charge in [0.15, 0.2) is 0 Å². The van der Waals surface area contributed by atoms with Gasteiger partial charge >= 0.3 is 0 Å². The standard InChI is InChI=1S/C9H12N6/c1-10-9(14(2)3)15-7-5-4-6-11-8(7)12-13-15/h4-6H,1-3H3. The van der Waals surface area contributed by atoms with Crippen LogP contribution in [0.3, 0.4) is 0 Å². The highest BCUT2D eigenvalue weighted by atomic mass is 15.5. The molecule has 0 saturated carbocycles. The Morgan fingerprint density at radius 2 is 2.27 bits per heavy atom. The Bertz CT molecular complexity index is 498. The fraction of sp³-hybridized carbons (Fsp3) is 0.333. The molecule has 0 aliphatic carbocycles. The van der Waals surface area contributed by atoms with E-state index in [0.717, 1.165) is 11.5 Å². The van der Waals surface area contributed by atoms with E-state index >= 15 is 0 Å². The first-order valence-corrected chi connectivity index (χ1v) is 4.55. The quantitative estimate of drug-likeness (QED) is 0.455. The lowest BCUT2D eigenvalue weighted by atomic mass is 10.4. The van der Waals surface area contributed by atoms with E-state index < -0.39 is 0 Å². The fourth-order valence-electron chi connectivity index (χ4n) is 1.40. The van der Waals surface area contributed by atoms with Crippen LogP contribution in [-0.2, 0) is 0 Å². The van der Waals surface area contributed by atoms with Crippen molar-refractivity contribution < 1.29 is 0 Å². The highest BCUT2D eigenvalue weighted by molar-refractivity contribution is 5.89. The molecule has 0 amide bonds. The van der Waals surface area contributed by atoms with Gasteiger partial charge in [-0.3, -0.25) is 4.99 Å². The van der Waals surface area contributed by atoms with Crippen LogP contribution >= 0.6 is 0 Å². The van der Waals surface area contributed by atoms with Crippen molar-refractivity contribution in [1.82, 2.24) is 24.9 Å². The van der Waals surface area contributed by atoms with Gasteiger partial charge in [-0.2, -0.15) is 4.68 Å². The van der Waals surface area contributed by atoms with Crippen molar-refractivity contribution in [1.29, 1.82) is 0 Å². The smallest absolute Gasteiger partial charge is 0.223 e. The van der Waals surface area contributed by atoms with Crippen LogP contribution in [0.1, 0.15) is 0 Å². The lowest BCUT2D eigenvalue weighted by Crippen LogP contribution is -2.30. The zero-order valence-corrected chi connectivity index (χ0v) is 8.92. The fourth-order valence-corrected chi connectivity index (χ4v) is 1.40. The van der Waals surface area contributed by atoms with Crippen molar-refractivity contribution in [3.8, 4) is 0 Å². The van der Waals surface area contributed by atoms with Gasteiger partial charge in [-0.1, -0.05) is 5.21 Å². The third-order valence-electron chi connectivity index (χ3n) is 2.01. The molecule has 0 atom stereocenters. The van der Waals surface area contributed by atoms with Gasteiger partial charge in [0.05, 0.1) is 0 Å². The summed E-state index contributed by atoms with van der Waals surface area (Å²) in [5.74, 6) is 0.727. The van der Waals surface area contributed by atoms with Gasteiger partial charge in [-0.05, 0) is 12.1 Å². The van der Waals surface area contributed by atoms with E-state index in [2.05, 4.69) is 20.3 Å². The van der Waals surface area contributed by atoms with Crippen molar-refractivity contribution in [3.05, 3.63) is 18.3 Å². The first-order valence-electron chi connectivity index (χ1n) is 4.55. The zero-order valence-electron chi connectivity index (χ0n) is 8.92. The summed E-state index contributed by atoms with van der Waals surface area (Å²) in [6.45, 7) is 0. The Labute approximate surface area is 87.2 Å². The molecule has 0 aliphatic heterocycles. The highest BCUT2D eigenvalue weighted by Crippen LogP contribution is 2.07. The summed E-state index contributed by atoms with van der Waals surface area (Å²) >= 11 is 0. The van der Waals surface area contributed by atoms with Gasteiger partial charge in [0, 0.05) is 27.3 Å². The van der Waals surface area contributed by atoms with E-state index in [4.69, 9.17) is 0 Å². The third-order valence-corrected chi connectivity index (χ3v) is 2.01. The Balaban J connectivity index is 2.62. The van der Waals surface area contributed by atoms with Gasteiger partial charge in [0.2, 0.25) is 11.6 Å². The Morgan fingerprint density at radius 3 is 2.93 bits per heavy atom. The molecule has 15 heavy (non-hydrogen) atoms. The Hall–Kier alpha value is -1.98. The van der Waals surface area contributed by atoms with Crippen LogP contribution in [0.2, 0.25) is 0 Å². The number of aliphatic imine (C=N–C) groups is 1. The molecule has 0 bridgehead atoms. The van der Waals surface area contributed by atoms with Gasteiger partial charge in [-0.25, -0.2) is 4.98 Å². The van der Waals surface area contributed by atoms with E-state index in [1.807, 2.05) is 31.1 Å². The molecule has 0 fully saturated rings. The zero-order chi connectivity index (χ0) is 10.8. The number of hydrogen-bond acceptors (Lipinski definition) is 4. The minimum absolute atomic E-state index is 0.625. The number of nitrogens with zero attached hydrogens (tertiary/aromatic N) is 6. The molecule has 6 nitrogen and oxygen atoms in total. The summed E-state index contributed by atoms with van der Waals surface area (Å²) in [5.41, 5.74) is 1.48. The largest absolute Gasteiger partial charge is 0.347 e. The lowest BCUT2D eigenvalue weighted by molar-refractivity contribution is 0.579. The molecule has 0 unspecified atom stereocenters. The first kappa shape index (κ1) is 9.57. The molecule has 2 rings (SSSR count). The summed E-state index contributed by atoms with van der Waals surface area (Å²) in [4.78, 5) is 10.1. The summed E-state index contributed by atoms with van der Waals surface area (Å²) in [7, 11) is 5.54. The number of pyridine rings is 1. The molecule has 78 valence electrons. The summed E-state index contributed by atoms with van der Waals surface area (Å²) in [5, 5.41) is 7.98. The maximum atomic E-state index is 4.16. The number of hydrogen-bond donors (Lipinski definition) is 0. The van der Waals surface area contributed by atoms with Crippen molar-refractivity contribution in [2.45, 2.75) is 0 Å². The maximum Gasteiger partial charge on any atom is 0.223 e. The molecule has 2 aromatic rings. The minimum Gasteiger partial charge on any atom is -0.347 e. The van der Waals surface area contributed by atoms with Gasteiger partial charge in [0.25, 0.3) is 0 Å². The average molecular weight is 204 g/mol. The van der Waals surface area contributed by atoms with Gasteiger partial charge in [0.1, 0.15) is 5.52 Å². The van der Waals surface area contributed by atoms with Gasteiger partial charge < -0.3 is 4.90 Å². The molecule has 0 spiro atoms. The molecular weight excluding hydrogens is 192 g/mol. The maximum absolute atomic E-state index is 4.16. The summed E-state index contributed by atoms with van der Waals surface area (Å²) < 4.78 is 1.67. The molecule has 0 saturated heterocycles. The number of fused-ring (bicyclic) bond motifs is 1. The Kier molecular flexibility index (Phi) is 2.32. The van der Waals surface area contributed by atoms with E-state index in [0.29, 0.717) is 5.65 Å². The number of aromatic nitrogens is 4. The van der Waals surface area contributed by atoms with E-state index in [1.54, 1.807) is 17.9 Å². The minimum atomic E-state index is 0.625. The van der Waals surface area contributed by atoms with Crippen molar-refractivity contribution >= 4 is 17.1 Å². The third kappa shape index (κ3) is 1.54. The van der Waals surface area contributed by atoms with Crippen LogP contribution in [0.15, 0.2) is 23.3 Å². The SMILES string of the molecule is CN=C(N(C)C)n1nnc2ncccc21. The molecule has 0 aliphatic rings. The molecule has 2 heterocycles. The number of rotatable bonds is 0. The van der Waals surface area contributed by atoms with Crippen molar-refractivity contribution in [2.24, 2.45) is 4.99 Å². The molecule has 0 aromatic carbocycles. The van der Waals surface area contributed by atoms with Crippen molar-refractivity contribution in [2.75, 3.05) is 21.1 Å². The van der Waals surface area contributed by atoms with Gasteiger partial charge in [-0.15, -0.1) is 5.10 Å². The summed E-state index contributed by atoms with van der Waals surface area (Å²) in [6.07, 6.45) is 1.69. The van der Waals surface area contributed by atoms with Crippen LogP contribution in [0.5, 0.6) is 0 Å². The van der Waals surface area contributed by atoms with Crippen LogP contribution in [0.4, 0.5) is 0 Å². The monoisotopic (exact) mass is 204 g/mol.